The zero-order chi connectivity index (χ0) is 26.2. The van der Waals surface area contributed by atoms with Gasteiger partial charge in [0.15, 0.2) is 0 Å². The van der Waals surface area contributed by atoms with E-state index in [1.54, 1.807) is 42.5 Å². The molecule has 37 heavy (non-hydrogen) atoms. The lowest BCUT2D eigenvalue weighted by Gasteiger charge is -2.28. The number of hydrogen-bond donors (Lipinski definition) is 1. The number of hydrogen-bond acceptors (Lipinski definition) is 6. The average molecular weight is 523 g/mol. The summed E-state index contributed by atoms with van der Waals surface area (Å²) in [5.74, 6) is -0.926. The minimum absolute atomic E-state index is 0.109. The van der Waals surface area contributed by atoms with Crippen LogP contribution in [0.1, 0.15) is 42.5 Å². The predicted molar refractivity (Wildman–Crippen MR) is 129 cm³/mol. The van der Waals surface area contributed by atoms with Gasteiger partial charge in [-0.3, -0.25) is 14.3 Å². The van der Waals surface area contributed by atoms with Crippen molar-refractivity contribution in [3.63, 3.8) is 0 Å². The number of carbonyl (C=O) groups is 2. The van der Waals surface area contributed by atoms with Crippen LogP contribution in [0.5, 0.6) is 0 Å². The van der Waals surface area contributed by atoms with E-state index < -0.39 is 22.9 Å². The molecular weight excluding hydrogens is 505 g/mol. The normalized spacial score (nSPS) is 13.2. The van der Waals surface area contributed by atoms with E-state index >= 15 is 0 Å². The first-order valence-electron chi connectivity index (χ1n) is 11.0. The van der Waals surface area contributed by atoms with Crippen molar-refractivity contribution in [1.29, 1.82) is 5.26 Å². The number of amides is 2. The Balaban J connectivity index is 1.32. The molecule has 0 atom stereocenters. The number of halogens is 3. The molecule has 12 heteroatoms. The summed E-state index contributed by atoms with van der Waals surface area (Å²) >= 11 is 0.419. The van der Waals surface area contributed by atoms with Crippen molar-refractivity contribution in [2.24, 2.45) is 0 Å². The van der Waals surface area contributed by atoms with Crippen LogP contribution in [-0.2, 0) is 19.1 Å². The predicted octanol–water partition coefficient (Wildman–Crippen LogP) is 4.73. The standard InChI is InChI=1S/C25H17F3N6O2S/c26-25(27,28)21-12-18(32-37-21)10-15-4-6-19(7-5-15)33-8-9-34-22(24(33)36)20(14-30-34)23(35)31-17-3-1-2-16(11-17)13-29/h1-7,11-12,14H,8-10H2,(H,31,35). The SMILES string of the molecule is N#Cc1cccc(NC(=O)c2cnn3c2C(=O)N(c2ccc(Cc4cc(C(F)(F)F)sn4)cc2)CC3)c1. The Hall–Kier alpha value is -4.50. The van der Waals surface area contributed by atoms with Crippen molar-refractivity contribution >= 4 is 34.7 Å². The number of nitrogens with one attached hydrogen (secondary N) is 1. The summed E-state index contributed by atoms with van der Waals surface area (Å²) < 4.78 is 43.8. The molecule has 2 amide bonds. The molecule has 5 rings (SSSR count). The first-order chi connectivity index (χ1) is 17.7. The van der Waals surface area contributed by atoms with Crippen LogP contribution < -0.4 is 10.2 Å². The van der Waals surface area contributed by atoms with Gasteiger partial charge in [0.2, 0.25) is 0 Å². The molecule has 0 spiro atoms. The van der Waals surface area contributed by atoms with Gasteiger partial charge in [-0.25, -0.2) is 0 Å². The largest absolute Gasteiger partial charge is 0.427 e. The smallest absolute Gasteiger partial charge is 0.322 e. The van der Waals surface area contributed by atoms with Crippen LogP contribution in [0.15, 0.2) is 60.8 Å². The second-order valence-electron chi connectivity index (χ2n) is 8.26. The van der Waals surface area contributed by atoms with E-state index in [-0.39, 0.29) is 17.7 Å². The third-order valence-corrected chi connectivity index (χ3v) is 6.66. The minimum atomic E-state index is -4.42. The molecular formula is C25H17F3N6O2S. The molecule has 1 aliphatic rings. The monoisotopic (exact) mass is 522 g/mol. The van der Waals surface area contributed by atoms with Gasteiger partial charge in [-0.2, -0.15) is 27.9 Å². The molecule has 0 radical (unpaired) electrons. The molecule has 0 fully saturated rings. The van der Waals surface area contributed by atoms with E-state index in [0.29, 0.717) is 47.3 Å². The van der Waals surface area contributed by atoms with Gasteiger partial charge in [0.05, 0.1) is 35.6 Å². The highest BCUT2D eigenvalue weighted by Gasteiger charge is 2.34. The minimum Gasteiger partial charge on any atom is -0.322 e. The number of anilines is 2. The zero-order valence-corrected chi connectivity index (χ0v) is 19.8. The lowest BCUT2D eigenvalue weighted by molar-refractivity contribution is -0.134. The summed E-state index contributed by atoms with van der Waals surface area (Å²) in [7, 11) is 0. The highest BCUT2D eigenvalue weighted by atomic mass is 32.1. The van der Waals surface area contributed by atoms with Crippen molar-refractivity contribution in [1.82, 2.24) is 14.2 Å². The van der Waals surface area contributed by atoms with Gasteiger partial charge in [-0.1, -0.05) is 18.2 Å². The maximum Gasteiger partial charge on any atom is 0.427 e. The van der Waals surface area contributed by atoms with Crippen molar-refractivity contribution < 1.29 is 22.8 Å². The fraction of sp³-hybridized carbons (Fsp3) is 0.160. The topological polar surface area (TPSA) is 104 Å². The van der Waals surface area contributed by atoms with Gasteiger partial charge in [0, 0.05) is 24.3 Å². The fourth-order valence-corrected chi connectivity index (χ4v) is 4.64. The molecule has 2 aromatic carbocycles. The summed E-state index contributed by atoms with van der Waals surface area (Å²) in [5.41, 5.74) is 2.71. The zero-order valence-electron chi connectivity index (χ0n) is 19.0. The van der Waals surface area contributed by atoms with E-state index in [1.165, 1.54) is 21.8 Å². The van der Waals surface area contributed by atoms with E-state index in [0.717, 1.165) is 11.6 Å². The summed E-state index contributed by atoms with van der Waals surface area (Å²) in [6.45, 7) is 0.707. The Morgan fingerprint density at radius 3 is 2.62 bits per heavy atom. The summed E-state index contributed by atoms with van der Waals surface area (Å²) in [6.07, 6.45) is -2.85. The maximum atomic E-state index is 13.4. The van der Waals surface area contributed by atoms with Crippen LogP contribution in [0.2, 0.25) is 0 Å². The average Bonchev–Trinajstić information content (AvgIpc) is 3.53. The molecule has 3 heterocycles. The molecule has 2 aromatic heterocycles. The molecule has 186 valence electrons. The van der Waals surface area contributed by atoms with Gasteiger partial charge in [-0.15, -0.1) is 0 Å². The van der Waals surface area contributed by atoms with E-state index in [9.17, 15) is 22.8 Å². The number of benzene rings is 2. The summed E-state index contributed by atoms with van der Waals surface area (Å²) in [4.78, 5) is 27.1. The first kappa shape index (κ1) is 24.2. The maximum absolute atomic E-state index is 13.4. The van der Waals surface area contributed by atoms with Crippen molar-refractivity contribution in [3.8, 4) is 6.07 Å². The molecule has 0 aliphatic carbocycles. The number of nitrogens with zero attached hydrogens (tertiary/aromatic N) is 5. The number of aromatic nitrogens is 3. The van der Waals surface area contributed by atoms with E-state index in [2.05, 4.69) is 14.8 Å². The number of alkyl halides is 3. The molecule has 0 unspecified atom stereocenters. The quantitative estimate of drug-likeness (QED) is 0.408. The number of nitriles is 1. The van der Waals surface area contributed by atoms with E-state index in [1.807, 2.05) is 6.07 Å². The lowest BCUT2D eigenvalue weighted by Crippen LogP contribution is -2.41. The molecule has 4 aromatic rings. The van der Waals surface area contributed by atoms with Gasteiger partial charge in [-0.05, 0) is 53.5 Å². The molecule has 0 bridgehead atoms. The van der Waals surface area contributed by atoms with Crippen molar-refractivity contribution in [3.05, 3.63) is 93.7 Å². The Bertz CT molecular complexity index is 1530. The second kappa shape index (κ2) is 9.51. The third-order valence-electron chi connectivity index (χ3n) is 5.79. The molecule has 1 N–H and O–H groups in total. The molecule has 1 aliphatic heterocycles. The molecule has 0 saturated heterocycles. The van der Waals surface area contributed by atoms with Gasteiger partial charge in [0.1, 0.15) is 10.6 Å². The highest BCUT2D eigenvalue weighted by Crippen LogP contribution is 2.33. The van der Waals surface area contributed by atoms with Gasteiger partial charge >= 0.3 is 6.18 Å². The Morgan fingerprint density at radius 1 is 1.14 bits per heavy atom. The second-order valence-corrected chi connectivity index (χ2v) is 9.06. The van der Waals surface area contributed by atoms with Gasteiger partial charge in [0.25, 0.3) is 11.8 Å². The number of carbonyl (C=O) groups excluding carboxylic acids is 2. The molecule has 8 nitrogen and oxygen atoms in total. The highest BCUT2D eigenvalue weighted by molar-refractivity contribution is 7.05. The van der Waals surface area contributed by atoms with Gasteiger partial charge < -0.3 is 10.2 Å². The number of fused-ring (bicyclic) bond motifs is 1. The van der Waals surface area contributed by atoms with Crippen molar-refractivity contribution in [2.75, 3.05) is 16.8 Å². The molecule has 0 saturated carbocycles. The van der Waals surface area contributed by atoms with Crippen LogP contribution >= 0.6 is 11.5 Å². The Kier molecular flexibility index (Phi) is 6.22. The van der Waals surface area contributed by atoms with Crippen LogP contribution in [0.3, 0.4) is 0 Å². The van der Waals surface area contributed by atoms with Crippen LogP contribution in [0, 0.1) is 11.3 Å². The summed E-state index contributed by atoms with van der Waals surface area (Å²) in [5, 5.41) is 15.9. The number of rotatable bonds is 5. The Labute approximate surface area is 212 Å². The fourth-order valence-electron chi connectivity index (χ4n) is 4.01. The van der Waals surface area contributed by atoms with Crippen LogP contribution in [0.4, 0.5) is 24.5 Å². The summed E-state index contributed by atoms with van der Waals surface area (Å²) in [6, 6.07) is 16.4. The third kappa shape index (κ3) is 4.94. The first-order valence-corrected chi connectivity index (χ1v) is 11.8. The Morgan fingerprint density at radius 2 is 1.92 bits per heavy atom. The van der Waals surface area contributed by atoms with Crippen LogP contribution in [0.25, 0.3) is 0 Å². The van der Waals surface area contributed by atoms with Crippen LogP contribution in [-0.4, -0.2) is 32.5 Å². The van der Waals surface area contributed by atoms with Crippen molar-refractivity contribution in [2.45, 2.75) is 19.1 Å². The van der Waals surface area contributed by atoms with E-state index in [4.69, 9.17) is 5.26 Å². The lowest BCUT2D eigenvalue weighted by atomic mass is 10.1.